The molecule has 0 aliphatic heterocycles. The van der Waals surface area contributed by atoms with Crippen LogP contribution in [0.25, 0.3) is 0 Å². The van der Waals surface area contributed by atoms with Gasteiger partial charge in [0, 0.05) is 0 Å². The average molecular weight is 493 g/mol. The van der Waals surface area contributed by atoms with Gasteiger partial charge in [0.2, 0.25) is 0 Å². The molecule has 6 heteroatoms. The first-order chi connectivity index (χ1) is 16.6. The number of rotatable bonds is 10. The molecule has 0 fully saturated rings. The Hall–Kier alpha value is -3.12. The minimum absolute atomic E-state index is 0.0604. The Morgan fingerprint density at radius 2 is 1.40 bits per heavy atom. The quantitative estimate of drug-likeness (QED) is 0.246. The van der Waals surface area contributed by atoms with Crippen LogP contribution in [0.15, 0.2) is 76.7 Å². The van der Waals surface area contributed by atoms with Gasteiger partial charge in [0.1, 0.15) is 12.4 Å². The van der Waals surface area contributed by atoms with Gasteiger partial charge in [-0.1, -0.05) is 84.0 Å². The summed E-state index contributed by atoms with van der Waals surface area (Å²) in [6.07, 6.45) is 1.51. The molecule has 3 rings (SSSR count). The van der Waals surface area contributed by atoms with Crippen LogP contribution in [0.2, 0.25) is 0 Å². The van der Waals surface area contributed by atoms with Crippen LogP contribution in [0.4, 0.5) is 0 Å². The lowest BCUT2D eigenvalue weighted by Crippen LogP contribution is -2.23. The zero-order chi connectivity index (χ0) is 25.6. The lowest BCUT2D eigenvalue weighted by Gasteiger charge is -2.22. The second-order valence-electron chi connectivity index (χ2n) is 9.69. The summed E-state index contributed by atoms with van der Waals surface area (Å²) in [5, 5.41) is 4.07. The SMILES string of the molecule is CC(C)c1cc(C(C)C)c(S(=O)(=O)N/N=C/c2ccc(OCc3ccccc3)cc2)c(C(C)C)c1. The molecule has 0 radical (unpaired) electrons. The molecule has 1 N–H and O–H groups in total. The van der Waals surface area contributed by atoms with Gasteiger partial charge < -0.3 is 4.74 Å². The maximum atomic E-state index is 13.4. The molecule has 0 atom stereocenters. The predicted molar refractivity (Wildman–Crippen MR) is 144 cm³/mol. The van der Waals surface area contributed by atoms with E-state index in [0.29, 0.717) is 17.4 Å². The molecule has 0 saturated heterocycles. The van der Waals surface area contributed by atoms with Crippen molar-refractivity contribution >= 4 is 16.2 Å². The molecule has 0 heterocycles. The second kappa shape index (κ2) is 11.5. The molecule has 3 aromatic rings. The number of nitrogens with zero attached hydrogens (tertiary/aromatic N) is 1. The number of ether oxygens (including phenoxy) is 1. The summed E-state index contributed by atoms with van der Waals surface area (Å²) in [4.78, 5) is 2.78. The van der Waals surface area contributed by atoms with Gasteiger partial charge in [-0.25, -0.2) is 4.83 Å². The number of hydrogen-bond donors (Lipinski definition) is 1. The Morgan fingerprint density at radius 3 is 1.91 bits per heavy atom. The molecule has 0 spiro atoms. The molecule has 0 aromatic heterocycles. The average Bonchev–Trinajstić information content (AvgIpc) is 2.83. The zero-order valence-corrected chi connectivity index (χ0v) is 22.3. The fraction of sp³-hybridized carbons (Fsp3) is 0.345. The normalized spacial score (nSPS) is 12.1. The van der Waals surface area contributed by atoms with Crippen molar-refractivity contribution < 1.29 is 13.2 Å². The first kappa shape index (κ1) is 26.5. The summed E-state index contributed by atoms with van der Waals surface area (Å²) in [5.74, 6) is 1.17. The summed E-state index contributed by atoms with van der Waals surface area (Å²) in [6.45, 7) is 12.8. The number of sulfonamides is 1. The summed E-state index contributed by atoms with van der Waals surface area (Å²) in [5.41, 5.74) is 4.65. The Morgan fingerprint density at radius 1 is 0.829 bits per heavy atom. The molecule has 0 amide bonds. The first-order valence-corrected chi connectivity index (χ1v) is 13.6. The molecular formula is C29H36N2O3S. The molecular weight excluding hydrogens is 456 g/mol. The van der Waals surface area contributed by atoms with Crippen LogP contribution < -0.4 is 9.57 Å². The standard InChI is InChI=1S/C29H36N2O3S/c1-20(2)25-16-27(21(3)4)29(28(17-25)22(5)6)35(32,33)31-30-18-23-12-14-26(15-13-23)34-19-24-10-8-7-9-11-24/h7-18,20-22,31H,19H2,1-6H3/b30-18+. The third-order valence-corrected chi connectivity index (χ3v) is 7.22. The molecule has 3 aromatic carbocycles. The van der Waals surface area contributed by atoms with E-state index < -0.39 is 10.0 Å². The van der Waals surface area contributed by atoms with Crippen molar-refractivity contribution in [2.45, 2.75) is 70.8 Å². The topological polar surface area (TPSA) is 67.8 Å². The van der Waals surface area contributed by atoms with E-state index in [1.54, 1.807) is 0 Å². The van der Waals surface area contributed by atoms with Crippen LogP contribution in [0.3, 0.4) is 0 Å². The summed E-state index contributed by atoms with van der Waals surface area (Å²) >= 11 is 0. The van der Waals surface area contributed by atoms with Crippen molar-refractivity contribution in [1.29, 1.82) is 0 Å². The number of benzene rings is 3. The van der Waals surface area contributed by atoms with Crippen LogP contribution in [0.1, 0.15) is 87.1 Å². The minimum Gasteiger partial charge on any atom is -0.489 e. The highest BCUT2D eigenvalue weighted by Crippen LogP contribution is 2.35. The molecule has 0 aliphatic rings. The van der Waals surface area contributed by atoms with E-state index in [4.69, 9.17) is 4.74 Å². The molecule has 5 nitrogen and oxygen atoms in total. The van der Waals surface area contributed by atoms with E-state index in [1.807, 2.05) is 94.4 Å². The smallest absolute Gasteiger partial charge is 0.277 e. The molecule has 0 aliphatic carbocycles. The summed E-state index contributed by atoms with van der Waals surface area (Å²) < 4.78 is 32.6. The Bertz CT molecular complexity index is 1220. The van der Waals surface area contributed by atoms with Crippen molar-refractivity contribution in [3.8, 4) is 5.75 Å². The Labute approximate surface area is 210 Å². The van der Waals surface area contributed by atoms with E-state index >= 15 is 0 Å². The van der Waals surface area contributed by atoms with Crippen LogP contribution in [0.5, 0.6) is 5.75 Å². The molecule has 0 unspecified atom stereocenters. The van der Waals surface area contributed by atoms with Crippen molar-refractivity contribution in [3.63, 3.8) is 0 Å². The van der Waals surface area contributed by atoms with Crippen molar-refractivity contribution in [1.82, 2.24) is 4.83 Å². The maximum absolute atomic E-state index is 13.4. The lowest BCUT2D eigenvalue weighted by atomic mass is 9.89. The highest BCUT2D eigenvalue weighted by molar-refractivity contribution is 7.89. The Kier molecular flexibility index (Phi) is 8.73. The Balaban J connectivity index is 1.77. The number of hydrogen-bond acceptors (Lipinski definition) is 4. The van der Waals surface area contributed by atoms with E-state index in [2.05, 4.69) is 23.8 Å². The monoisotopic (exact) mass is 492 g/mol. The van der Waals surface area contributed by atoms with Crippen LogP contribution in [-0.2, 0) is 16.6 Å². The van der Waals surface area contributed by atoms with Gasteiger partial charge in [0.15, 0.2) is 0 Å². The highest BCUT2D eigenvalue weighted by atomic mass is 32.2. The third-order valence-electron chi connectivity index (χ3n) is 5.86. The second-order valence-corrected chi connectivity index (χ2v) is 11.3. The van der Waals surface area contributed by atoms with Gasteiger partial charge in [-0.2, -0.15) is 13.5 Å². The van der Waals surface area contributed by atoms with Gasteiger partial charge >= 0.3 is 0 Å². The summed E-state index contributed by atoms with van der Waals surface area (Å²) in [7, 11) is -3.84. The molecule has 0 bridgehead atoms. The summed E-state index contributed by atoms with van der Waals surface area (Å²) in [6, 6.07) is 21.4. The van der Waals surface area contributed by atoms with Gasteiger partial charge in [0.05, 0.1) is 11.1 Å². The van der Waals surface area contributed by atoms with Gasteiger partial charge in [-0.3, -0.25) is 0 Å². The fourth-order valence-corrected chi connectivity index (χ4v) is 5.30. The van der Waals surface area contributed by atoms with E-state index in [0.717, 1.165) is 33.6 Å². The van der Waals surface area contributed by atoms with E-state index in [-0.39, 0.29) is 11.8 Å². The molecule has 186 valence electrons. The van der Waals surface area contributed by atoms with Crippen LogP contribution in [0, 0.1) is 0 Å². The highest BCUT2D eigenvalue weighted by Gasteiger charge is 2.26. The van der Waals surface area contributed by atoms with Gasteiger partial charge in [-0.05, 0) is 69.8 Å². The van der Waals surface area contributed by atoms with E-state index in [1.165, 1.54) is 6.21 Å². The van der Waals surface area contributed by atoms with Crippen LogP contribution in [-0.4, -0.2) is 14.6 Å². The van der Waals surface area contributed by atoms with E-state index in [9.17, 15) is 8.42 Å². The predicted octanol–water partition coefficient (Wildman–Crippen LogP) is 6.95. The largest absolute Gasteiger partial charge is 0.489 e. The maximum Gasteiger partial charge on any atom is 0.277 e. The number of hydrazone groups is 1. The molecule has 0 saturated carbocycles. The van der Waals surface area contributed by atoms with Crippen molar-refractivity contribution in [3.05, 3.63) is 94.5 Å². The van der Waals surface area contributed by atoms with Gasteiger partial charge in [-0.15, -0.1) is 0 Å². The molecule has 35 heavy (non-hydrogen) atoms. The van der Waals surface area contributed by atoms with Crippen molar-refractivity contribution in [2.75, 3.05) is 0 Å². The van der Waals surface area contributed by atoms with Gasteiger partial charge in [0.25, 0.3) is 10.0 Å². The zero-order valence-electron chi connectivity index (χ0n) is 21.4. The number of nitrogens with one attached hydrogen (secondary N) is 1. The third kappa shape index (κ3) is 6.95. The van der Waals surface area contributed by atoms with Crippen molar-refractivity contribution in [2.24, 2.45) is 5.10 Å². The van der Waals surface area contributed by atoms with Crippen LogP contribution >= 0.6 is 0 Å². The lowest BCUT2D eigenvalue weighted by molar-refractivity contribution is 0.306. The fourth-order valence-electron chi connectivity index (χ4n) is 3.81. The first-order valence-electron chi connectivity index (χ1n) is 12.1. The minimum atomic E-state index is -3.84.